The van der Waals surface area contributed by atoms with Crippen LogP contribution >= 0.6 is 0 Å². The van der Waals surface area contributed by atoms with E-state index in [9.17, 15) is 8.42 Å². The average molecular weight is 242 g/mol. The van der Waals surface area contributed by atoms with E-state index in [2.05, 4.69) is 10.4 Å². The lowest BCUT2D eigenvalue weighted by molar-refractivity contribution is 0.475. The van der Waals surface area contributed by atoms with Gasteiger partial charge in [0.05, 0.1) is 5.69 Å². The van der Waals surface area contributed by atoms with Gasteiger partial charge < -0.3 is 5.43 Å². The normalized spacial score (nSPS) is 17.6. The van der Waals surface area contributed by atoms with E-state index in [0.29, 0.717) is 18.8 Å². The average Bonchev–Trinajstić information content (AvgIpc) is 2.83. The fraction of sp³-hybridized carbons (Fsp3) is 0.444. The van der Waals surface area contributed by atoms with Crippen molar-refractivity contribution in [3.05, 3.63) is 18.3 Å². The summed E-state index contributed by atoms with van der Waals surface area (Å²) in [6, 6.07) is 3.23. The lowest BCUT2D eigenvalue weighted by Gasteiger charge is -2.16. The Morgan fingerprint density at radius 3 is 2.69 bits per heavy atom. The summed E-state index contributed by atoms with van der Waals surface area (Å²) in [6.07, 6.45) is 3.25. The number of nitrogens with zero attached hydrogens (tertiary/aromatic N) is 2. The molecular formula is C9H14N4O2S. The molecule has 1 aliphatic rings. The molecule has 0 spiro atoms. The lowest BCUT2D eigenvalue weighted by atomic mass is 10.4. The third kappa shape index (κ3) is 1.89. The Morgan fingerprint density at radius 1 is 1.38 bits per heavy atom. The van der Waals surface area contributed by atoms with Gasteiger partial charge in [-0.2, -0.15) is 4.31 Å². The molecule has 0 amide bonds. The van der Waals surface area contributed by atoms with Gasteiger partial charge in [-0.1, -0.05) is 0 Å². The zero-order valence-electron chi connectivity index (χ0n) is 8.76. The molecule has 0 aliphatic carbocycles. The van der Waals surface area contributed by atoms with Gasteiger partial charge >= 0.3 is 0 Å². The van der Waals surface area contributed by atoms with Crippen LogP contribution in [0.15, 0.2) is 23.4 Å². The molecule has 16 heavy (non-hydrogen) atoms. The maximum atomic E-state index is 12.2. The molecule has 3 N–H and O–H groups in total. The van der Waals surface area contributed by atoms with E-state index in [0.717, 1.165) is 12.8 Å². The van der Waals surface area contributed by atoms with Crippen LogP contribution in [0.2, 0.25) is 0 Å². The number of anilines is 1. The molecule has 1 aromatic heterocycles. The highest BCUT2D eigenvalue weighted by Gasteiger charge is 2.30. The van der Waals surface area contributed by atoms with Crippen LogP contribution in [0, 0.1) is 0 Å². The molecule has 7 heteroatoms. The molecule has 1 saturated heterocycles. The highest BCUT2D eigenvalue weighted by molar-refractivity contribution is 7.89. The summed E-state index contributed by atoms with van der Waals surface area (Å²) < 4.78 is 25.8. The van der Waals surface area contributed by atoms with Gasteiger partial charge in [0.15, 0.2) is 5.03 Å². The summed E-state index contributed by atoms with van der Waals surface area (Å²) in [7, 11) is -3.50. The number of aromatic nitrogens is 1. The van der Waals surface area contributed by atoms with Gasteiger partial charge in [0.25, 0.3) is 10.0 Å². The first-order chi connectivity index (χ1) is 7.66. The second-order valence-corrected chi connectivity index (χ2v) is 5.46. The summed E-state index contributed by atoms with van der Waals surface area (Å²) >= 11 is 0. The van der Waals surface area contributed by atoms with Gasteiger partial charge in [0.2, 0.25) is 0 Å². The van der Waals surface area contributed by atoms with Crippen molar-refractivity contribution < 1.29 is 8.42 Å². The number of nitrogen functional groups attached to an aromatic ring is 1. The Kier molecular flexibility index (Phi) is 3.08. The first kappa shape index (κ1) is 11.3. The molecule has 6 nitrogen and oxygen atoms in total. The Morgan fingerprint density at radius 2 is 2.06 bits per heavy atom. The first-order valence-corrected chi connectivity index (χ1v) is 6.52. The van der Waals surface area contributed by atoms with E-state index in [1.165, 1.54) is 10.5 Å². The minimum absolute atomic E-state index is 0.000556. The number of nitrogens with two attached hydrogens (primary N) is 1. The Hall–Kier alpha value is -1.18. The third-order valence-corrected chi connectivity index (χ3v) is 4.43. The van der Waals surface area contributed by atoms with E-state index >= 15 is 0 Å². The number of hydrogen-bond acceptors (Lipinski definition) is 5. The first-order valence-electron chi connectivity index (χ1n) is 5.08. The van der Waals surface area contributed by atoms with Crippen molar-refractivity contribution in [1.29, 1.82) is 0 Å². The van der Waals surface area contributed by atoms with E-state index in [-0.39, 0.29) is 5.03 Å². The number of hydrogen-bond donors (Lipinski definition) is 2. The molecule has 88 valence electrons. The van der Waals surface area contributed by atoms with Gasteiger partial charge in [0.1, 0.15) is 0 Å². The highest BCUT2D eigenvalue weighted by atomic mass is 32.2. The van der Waals surface area contributed by atoms with Gasteiger partial charge in [-0.3, -0.25) is 5.84 Å². The van der Waals surface area contributed by atoms with Crippen LogP contribution < -0.4 is 11.3 Å². The van der Waals surface area contributed by atoms with E-state index in [1.807, 2.05) is 0 Å². The van der Waals surface area contributed by atoms with Crippen molar-refractivity contribution in [3.8, 4) is 0 Å². The number of rotatable bonds is 3. The van der Waals surface area contributed by atoms with Gasteiger partial charge in [-0.05, 0) is 25.0 Å². The van der Waals surface area contributed by atoms with Crippen LogP contribution in [0.25, 0.3) is 0 Å². The van der Waals surface area contributed by atoms with Gasteiger partial charge in [-0.15, -0.1) is 0 Å². The van der Waals surface area contributed by atoms with Crippen LogP contribution in [0.1, 0.15) is 12.8 Å². The molecule has 2 heterocycles. The molecule has 0 bridgehead atoms. The summed E-state index contributed by atoms with van der Waals surface area (Å²) in [5.74, 6) is 5.27. The second kappa shape index (κ2) is 4.36. The number of hydrazine groups is 1. The van der Waals surface area contributed by atoms with Crippen molar-refractivity contribution in [2.45, 2.75) is 17.9 Å². The molecule has 0 unspecified atom stereocenters. The van der Waals surface area contributed by atoms with Crippen LogP contribution in [-0.2, 0) is 10.0 Å². The maximum absolute atomic E-state index is 12.2. The topological polar surface area (TPSA) is 88.3 Å². The Bertz CT molecular complexity index is 468. The van der Waals surface area contributed by atoms with Crippen LogP contribution in [0.4, 0.5) is 5.69 Å². The summed E-state index contributed by atoms with van der Waals surface area (Å²) in [5.41, 5.74) is 2.68. The second-order valence-electron chi connectivity index (χ2n) is 3.61. The van der Waals surface area contributed by atoms with E-state index in [1.54, 1.807) is 12.1 Å². The molecule has 1 fully saturated rings. The minimum atomic E-state index is -3.50. The Balaban J connectivity index is 2.42. The standard InChI is InChI=1S/C9H14N4O2S/c10-12-8-4-3-5-11-9(8)16(14,15)13-6-1-2-7-13/h3-5,12H,1-2,6-7,10H2. The van der Waals surface area contributed by atoms with Crippen molar-refractivity contribution >= 4 is 15.7 Å². The van der Waals surface area contributed by atoms with Crippen molar-refractivity contribution in [2.75, 3.05) is 18.5 Å². The molecule has 2 rings (SSSR count). The molecule has 0 radical (unpaired) electrons. The van der Waals surface area contributed by atoms with Crippen LogP contribution in [0.5, 0.6) is 0 Å². The zero-order chi connectivity index (χ0) is 11.6. The van der Waals surface area contributed by atoms with Gasteiger partial charge in [0, 0.05) is 19.3 Å². The van der Waals surface area contributed by atoms with Crippen molar-refractivity contribution in [1.82, 2.24) is 9.29 Å². The SMILES string of the molecule is NNc1cccnc1S(=O)(=O)N1CCCC1. The van der Waals surface area contributed by atoms with Crippen LogP contribution in [0.3, 0.4) is 0 Å². The van der Waals surface area contributed by atoms with Crippen molar-refractivity contribution in [3.63, 3.8) is 0 Å². The number of nitrogens with one attached hydrogen (secondary N) is 1. The van der Waals surface area contributed by atoms with Crippen molar-refractivity contribution in [2.24, 2.45) is 5.84 Å². The number of pyridine rings is 1. The zero-order valence-corrected chi connectivity index (χ0v) is 9.57. The van der Waals surface area contributed by atoms with Crippen LogP contribution in [-0.4, -0.2) is 30.8 Å². The molecule has 1 aliphatic heterocycles. The predicted molar refractivity (Wildman–Crippen MR) is 60.0 cm³/mol. The predicted octanol–water partition coefficient (Wildman–Crippen LogP) is 0.152. The fourth-order valence-electron chi connectivity index (χ4n) is 1.76. The highest BCUT2D eigenvalue weighted by Crippen LogP contribution is 2.24. The molecule has 0 aromatic carbocycles. The summed E-state index contributed by atoms with van der Waals surface area (Å²) in [4.78, 5) is 3.89. The summed E-state index contributed by atoms with van der Waals surface area (Å²) in [5, 5.41) is -0.000556. The third-order valence-electron chi connectivity index (χ3n) is 2.58. The molecule has 0 atom stereocenters. The lowest BCUT2D eigenvalue weighted by Crippen LogP contribution is -2.29. The smallest absolute Gasteiger partial charge is 0.262 e. The monoisotopic (exact) mass is 242 g/mol. The van der Waals surface area contributed by atoms with E-state index < -0.39 is 10.0 Å². The largest absolute Gasteiger partial charge is 0.321 e. The van der Waals surface area contributed by atoms with E-state index in [4.69, 9.17) is 5.84 Å². The Labute approximate surface area is 94.5 Å². The number of sulfonamides is 1. The minimum Gasteiger partial charge on any atom is -0.321 e. The summed E-state index contributed by atoms with van der Waals surface area (Å²) in [6.45, 7) is 1.12. The molecular weight excluding hydrogens is 228 g/mol. The molecule has 0 saturated carbocycles. The molecule has 1 aromatic rings. The fourth-order valence-corrected chi connectivity index (χ4v) is 3.34. The quantitative estimate of drug-likeness (QED) is 0.582. The maximum Gasteiger partial charge on any atom is 0.262 e. The van der Waals surface area contributed by atoms with Gasteiger partial charge in [-0.25, -0.2) is 13.4 Å².